The highest BCUT2D eigenvalue weighted by Gasteiger charge is 2.31. The van der Waals surface area contributed by atoms with Gasteiger partial charge in [-0.05, 0) is 59.7 Å². The Morgan fingerprint density at radius 2 is 0.806 bits per heavy atom. The van der Waals surface area contributed by atoms with Gasteiger partial charge in [0.05, 0.1) is 0 Å². The van der Waals surface area contributed by atoms with Crippen molar-refractivity contribution in [2.24, 2.45) is 0 Å². The number of benzene rings is 4. The van der Waals surface area contributed by atoms with E-state index in [-0.39, 0.29) is 11.5 Å². The molecule has 0 aliphatic carbocycles. The lowest BCUT2D eigenvalue weighted by Crippen LogP contribution is -2.17. The van der Waals surface area contributed by atoms with Gasteiger partial charge in [-0.25, -0.2) is 0 Å². The maximum atomic E-state index is 12.4. The van der Waals surface area contributed by atoms with Crippen LogP contribution in [0.3, 0.4) is 0 Å². The molecule has 0 heterocycles. The van der Waals surface area contributed by atoms with E-state index in [0.29, 0.717) is 22.7 Å². The van der Waals surface area contributed by atoms with E-state index in [1.807, 2.05) is 24.3 Å². The third kappa shape index (κ3) is 7.33. The second-order valence-corrected chi connectivity index (χ2v) is 7.56. The molecule has 2 N–H and O–H groups in total. The smallest absolute Gasteiger partial charge is 0.406 e. The highest BCUT2D eigenvalue weighted by atomic mass is 19.4. The summed E-state index contributed by atoms with van der Waals surface area (Å²) in [5, 5.41) is 6.05. The molecule has 0 amide bonds. The van der Waals surface area contributed by atoms with Crippen molar-refractivity contribution in [1.82, 2.24) is 0 Å². The zero-order valence-electron chi connectivity index (χ0n) is 18.3. The highest BCUT2D eigenvalue weighted by molar-refractivity contribution is 5.71. The van der Waals surface area contributed by atoms with Crippen molar-refractivity contribution < 1.29 is 35.8 Å². The Morgan fingerprint density at radius 1 is 0.444 bits per heavy atom. The van der Waals surface area contributed by atoms with Crippen LogP contribution in [0.1, 0.15) is 0 Å². The van der Waals surface area contributed by atoms with Gasteiger partial charge in [-0.2, -0.15) is 0 Å². The number of halogens is 6. The summed E-state index contributed by atoms with van der Waals surface area (Å²) in [5.74, 6) is -0.644. The summed E-state index contributed by atoms with van der Waals surface area (Å²) in [6.45, 7) is 0. The monoisotopic (exact) mass is 504 g/mol. The van der Waals surface area contributed by atoms with Crippen LogP contribution in [0.25, 0.3) is 11.1 Å². The first-order chi connectivity index (χ1) is 17.0. The minimum atomic E-state index is -4.77. The van der Waals surface area contributed by atoms with Gasteiger partial charge in [0.1, 0.15) is 11.5 Å². The summed E-state index contributed by atoms with van der Waals surface area (Å²) >= 11 is 0. The maximum Gasteiger partial charge on any atom is 0.573 e. The molecular weight excluding hydrogens is 486 g/mol. The number of alkyl halides is 6. The third-order valence-electron chi connectivity index (χ3n) is 4.82. The average Bonchev–Trinajstić information content (AvgIpc) is 2.78. The first-order valence-corrected chi connectivity index (χ1v) is 10.5. The molecule has 0 saturated carbocycles. The van der Waals surface area contributed by atoms with Gasteiger partial charge in [-0.15, -0.1) is 26.3 Å². The molecule has 4 nitrogen and oxygen atoms in total. The summed E-state index contributed by atoms with van der Waals surface area (Å²) in [5.41, 5.74) is 3.99. The molecule has 4 aromatic rings. The van der Waals surface area contributed by atoms with Crippen LogP contribution in [0.2, 0.25) is 0 Å². The lowest BCUT2D eigenvalue weighted by Gasteiger charge is -2.12. The normalized spacial score (nSPS) is 11.6. The van der Waals surface area contributed by atoms with Crippen LogP contribution in [0.5, 0.6) is 11.5 Å². The lowest BCUT2D eigenvalue weighted by atomic mass is 10.0. The van der Waals surface area contributed by atoms with Gasteiger partial charge in [0.25, 0.3) is 0 Å². The molecule has 0 saturated heterocycles. The summed E-state index contributed by atoms with van der Waals surface area (Å²) in [7, 11) is 0. The molecule has 0 atom stereocenters. The van der Waals surface area contributed by atoms with Crippen LogP contribution in [0.15, 0.2) is 97.1 Å². The largest absolute Gasteiger partial charge is 0.573 e. The molecule has 0 bridgehead atoms. The molecule has 4 aromatic carbocycles. The molecular formula is C26H18F6N2O2. The van der Waals surface area contributed by atoms with Crippen LogP contribution in [0.4, 0.5) is 49.1 Å². The first-order valence-electron chi connectivity index (χ1n) is 10.5. The zero-order chi connectivity index (χ0) is 25.8. The molecule has 36 heavy (non-hydrogen) atoms. The van der Waals surface area contributed by atoms with Gasteiger partial charge >= 0.3 is 12.7 Å². The van der Waals surface area contributed by atoms with Crippen molar-refractivity contribution in [3.63, 3.8) is 0 Å². The summed E-state index contributed by atoms with van der Waals surface area (Å²) in [6.07, 6.45) is -9.53. The van der Waals surface area contributed by atoms with Gasteiger partial charge in [0.15, 0.2) is 0 Å². The topological polar surface area (TPSA) is 42.5 Å². The molecule has 0 radical (unpaired) electrons. The molecule has 0 aliphatic rings. The van der Waals surface area contributed by atoms with Crippen molar-refractivity contribution in [2.75, 3.05) is 10.6 Å². The van der Waals surface area contributed by atoms with E-state index in [0.717, 1.165) is 11.1 Å². The van der Waals surface area contributed by atoms with Gasteiger partial charge in [0.2, 0.25) is 0 Å². The summed E-state index contributed by atoms with van der Waals surface area (Å²) < 4.78 is 82.4. The van der Waals surface area contributed by atoms with Crippen LogP contribution < -0.4 is 20.1 Å². The number of anilines is 4. The fourth-order valence-corrected chi connectivity index (χ4v) is 3.37. The van der Waals surface area contributed by atoms with Crippen molar-refractivity contribution in [1.29, 1.82) is 0 Å². The number of nitrogens with one attached hydrogen (secondary N) is 2. The Morgan fingerprint density at radius 3 is 1.14 bits per heavy atom. The number of ether oxygens (including phenoxy) is 2. The Bertz CT molecular complexity index is 1200. The standard InChI is InChI=1S/C26H18F6N2O2/c27-25(28,29)35-23-5-1-3-21(15-23)33-19-11-7-17(8-12-19)18-9-13-20(14-10-18)34-22-4-2-6-24(16-22)36-26(30,31)32/h1-16,33-34H. The minimum Gasteiger partial charge on any atom is -0.406 e. The van der Waals surface area contributed by atoms with Gasteiger partial charge < -0.3 is 20.1 Å². The second kappa shape index (κ2) is 10.1. The fraction of sp³-hybridized carbons (Fsp3) is 0.0769. The SMILES string of the molecule is FC(F)(F)Oc1cccc(Nc2ccc(-c3ccc(Nc4cccc(OC(F)(F)F)c4)cc3)cc2)c1. The van der Waals surface area contributed by atoms with E-state index in [4.69, 9.17) is 0 Å². The lowest BCUT2D eigenvalue weighted by molar-refractivity contribution is -0.275. The van der Waals surface area contributed by atoms with Gasteiger partial charge in [-0.3, -0.25) is 0 Å². The van der Waals surface area contributed by atoms with Crippen molar-refractivity contribution >= 4 is 22.7 Å². The van der Waals surface area contributed by atoms with E-state index < -0.39 is 12.7 Å². The zero-order valence-corrected chi connectivity index (χ0v) is 18.3. The Balaban J connectivity index is 1.40. The van der Waals surface area contributed by atoms with E-state index >= 15 is 0 Å². The van der Waals surface area contributed by atoms with Gasteiger partial charge in [-0.1, -0.05) is 36.4 Å². The molecule has 0 unspecified atom stereocenters. The maximum absolute atomic E-state index is 12.4. The quantitative estimate of drug-likeness (QED) is 0.247. The average molecular weight is 504 g/mol. The number of rotatable bonds is 7. The minimum absolute atomic E-state index is 0.322. The van der Waals surface area contributed by atoms with Crippen molar-refractivity contribution in [3.05, 3.63) is 97.1 Å². The van der Waals surface area contributed by atoms with Crippen molar-refractivity contribution in [3.8, 4) is 22.6 Å². The van der Waals surface area contributed by atoms with Gasteiger partial charge in [0, 0.05) is 34.9 Å². The molecule has 0 aliphatic heterocycles. The molecule has 0 aromatic heterocycles. The molecule has 0 fully saturated rings. The van der Waals surface area contributed by atoms with Crippen LogP contribution in [0, 0.1) is 0 Å². The highest BCUT2D eigenvalue weighted by Crippen LogP contribution is 2.30. The van der Waals surface area contributed by atoms with E-state index in [1.54, 1.807) is 36.4 Å². The number of hydrogen-bond acceptors (Lipinski definition) is 4. The Hall–Kier alpha value is -4.34. The molecule has 10 heteroatoms. The fourth-order valence-electron chi connectivity index (χ4n) is 3.37. The van der Waals surface area contributed by atoms with Crippen LogP contribution >= 0.6 is 0 Å². The van der Waals surface area contributed by atoms with Crippen LogP contribution in [-0.2, 0) is 0 Å². The van der Waals surface area contributed by atoms with E-state index in [9.17, 15) is 26.3 Å². The summed E-state index contributed by atoms with van der Waals surface area (Å²) in [6, 6.07) is 25.6. The third-order valence-corrected chi connectivity index (χ3v) is 4.82. The van der Waals surface area contributed by atoms with E-state index in [2.05, 4.69) is 20.1 Å². The predicted molar refractivity (Wildman–Crippen MR) is 125 cm³/mol. The molecule has 0 spiro atoms. The van der Waals surface area contributed by atoms with Crippen molar-refractivity contribution in [2.45, 2.75) is 12.7 Å². The second-order valence-electron chi connectivity index (χ2n) is 7.56. The first kappa shape index (κ1) is 24.8. The predicted octanol–water partition coefficient (Wildman–Crippen LogP) is 8.64. The van der Waals surface area contributed by atoms with E-state index in [1.165, 1.54) is 36.4 Å². The number of hydrogen-bond donors (Lipinski definition) is 2. The Labute approximate surface area is 202 Å². The molecule has 186 valence electrons. The Kier molecular flexibility index (Phi) is 6.96. The summed E-state index contributed by atoms with van der Waals surface area (Å²) in [4.78, 5) is 0. The van der Waals surface area contributed by atoms with Crippen LogP contribution in [-0.4, -0.2) is 12.7 Å². The molecule has 4 rings (SSSR count).